The van der Waals surface area contributed by atoms with E-state index in [1.165, 1.54) is 19.3 Å². The molecule has 1 N–H and O–H groups in total. The van der Waals surface area contributed by atoms with Crippen molar-refractivity contribution in [2.24, 2.45) is 0 Å². The summed E-state index contributed by atoms with van der Waals surface area (Å²) in [6, 6.07) is 0.490. The van der Waals surface area contributed by atoms with Crippen molar-refractivity contribution in [1.82, 2.24) is 15.1 Å². The van der Waals surface area contributed by atoms with E-state index in [9.17, 15) is 4.79 Å². The summed E-state index contributed by atoms with van der Waals surface area (Å²) in [6.07, 6.45) is 3.64. The molecule has 0 atom stereocenters. The molecule has 4 heteroatoms. The molecule has 0 bridgehead atoms. The molecule has 17 heavy (non-hydrogen) atoms. The molecule has 1 amide bonds. The number of hydrogen-bond donors (Lipinski definition) is 1. The highest BCUT2D eigenvalue weighted by molar-refractivity contribution is 5.85. The Morgan fingerprint density at radius 3 is 2.35 bits per heavy atom. The van der Waals surface area contributed by atoms with E-state index in [0.29, 0.717) is 6.04 Å². The van der Waals surface area contributed by atoms with Gasteiger partial charge in [0.1, 0.15) is 0 Å². The van der Waals surface area contributed by atoms with E-state index >= 15 is 0 Å². The molecule has 2 rings (SSSR count). The van der Waals surface area contributed by atoms with Crippen molar-refractivity contribution >= 4 is 5.91 Å². The largest absolute Gasteiger partial charge is 0.341 e. The third-order valence-corrected chi connectivity index (χ3v) is 4.37. The molecule has 0 unspecified atom stereocenters. The van der Waals surface area contributed by atoms with Crippen LogP contribution in [0.1, 0.15) is 33.1 Å². The minimum absolute atomic E-state index is 0.282. The first-order valence-corrected chi connectivity index (χ1v) is 6.76. The summed E-state index contributed by atoms with van der Waals surface area (Å²) in [5.41, 5.74) is -0.355. The van der Waals surface area contributed by atoms with Gasteiger partial charge in [0.2, 0.25) is 5.91 Å². The van der Waals surface area contributed by atoms with Crippen LogP contribution in [0.3, 0.4) is 0 Å². The van der Waals surface area contributed by atoms with Crippen molar-refractivity contribution < 1.29 is 4.79 Å². The number of amides is 1. The van der Waals surface area contributed by atoms with E-state index in [-0.39, 0.29) is 11.4 Å². The Morgan fingerprint density at radius 2 is 1.88 bits per heavy atom. The smallest absolute Gasteiger partial charge is 0.242 e. The normalized spacial score (nSPS) is 23.2. The Hall–Kier alpha value is -0.610. The van der Waals surface area contributed by atoms with Crippen LogP contribution in [0, 0.1) is 0 Å². The van der Waals surface area contributed by atoms with Gasteiger partial charge in [-0.1, -0.05) is 0 Å². The van der Waals surface area contributed by atoms with Crippen LogP contribution in [0.15, 0.2) is 0 Å². The highest BCUT2D eigenvalue weighted by Crippen LogP contribution is 2.27. The van der Waals surface area contributed by atoms with E-state index < -0.39 is 0 Å². The maximum Gasteiger partial charge on any atom is 0.242 e. The predicted octanol–water partition coefficient (Wildman–Crippen LogP) is 0.681. The highest BCUT2D eigenvalue weighted by atomic mass is 16.2. The molecule has 0 aromatic rings. The number of carbonyl (C=O) groups is 1. The van der Waals surface area contributed by atoms with Gasteiger partial charge in [0, 0.05) is 39.3 Å². The van der Waals surface area contributed by atoms with E-state index in [4.69, 9.17) is 0 Å². The number of nitrogens with one attached hydrogen (secondary N) is 1. The second kappa shape index (κ2) is 4.94. The Morgan fingerprint density at radius 1 is 1.29 bits per heavy atom. The topological polar surface area (TPSA) is 35.6 Å². The van der Waals surface area contributed by atoms with Crippen LogP contribution in [-0.2, 0) is 4.79 Å². The molecule has 2 fully saturated rings. The number of rotatable bonds is 3. The Balaban J connectivity index is 1.99. The lowest BCUT2D eigenvalue weighted by Gasteiger charge is -2.45. The van der Waals surface area contributed by atoms with E-state index in [1.807, 2.05) is 11.9 Å². The lowest BCUT2D eigenvalue weighted by Crippen LogP contribution is -2.61. The Kier molecular flexibility index (Phi) is 3.73. The molecule has 1 heterocycles. The highest BCUT2D eigenvalue weighted by Gasteiger charge is 2.39. The summed E-state index contributed by atoms with van der Waals surface area (Å²) in [7, 11) is 1.97. The molecule has 1 saturated carbocycles. The third-order valence-electron chi connectivity index (χ3n) is 4.37. The van der Waals surface area contributed by atoms with Crippen molar-refractivity contribution in [3.63, 3.8) is 0 Å². The fourth-order valence-electron chi connectivity index (χ4n) is 2.73. The van der Waals surface area contributed by atoms with Crippen LogP contribution in [0.5, 0.6) is 0 Å². The van der Waals surface area contributed by atoms with Crippen molar-refractivity contribution in [1.29, 1.82) is 0 Å². The quantitative estimate of drug-likeness (QED) is 0.787. The Labute approximate surface area is 104 Å². The van der Waals surface area contributed by atoms with Gasteiger partial charge in [-0.15, -0.1) is 0 Å². The number of hydrogen-bond acceptors (Lipinski definition) is 3. The molecule has 0 aromatic carbocycles. The monoisotopic (exact) mass is 239 g/mol. The summed E-state index contributed by atoms with van der Waals surface area (Å²) in [4.78, 5) is 16.8. The van der Waals surface area contributed by atoms with Crippen molar-refractivity contribution in [2.45, 2.75) is 44.7 Å². The lowest BCUT2D eigenvalue weighted by molar-refractivity contribution is -0.145. The predicted molar refractivity (Wildman–Crippen MR) is 68.9 cm³/mol. The zero-order valence-corrected chi connectivity index (χ0v) is 11.3. The zero-order valence-electron chi connectivity index (χ0n) is 11.3. The molecule has 1 aliphatic heterocycles. The summed E-state index contributed by atoms with van der Waals surface area (Å²) >= 11 is 0. The second-order valence-electron chi connectivity index (χ2n) is 5.80. The van der Waals surface area contributed by atoms with Gasteiger partial charge < -0.3 is 10.2 Å². The van der Waals surface area contributed by atoms with Crippen molar-refractivity contribution in [2.75, 3.05) is 33.2 Å². The molecule has 0 aromatic heterocycles. The van der Waals surface area contributed by atoms with Gasteiger partial charge in [-0.3, -0.25) is 9.69 Å². The maximum atomic E-state index is 12.6. The van der Waals surface area contributed by atoms with E-state index in [1.54, 1.807) is 0 Å². The average molecular weight is 239 g/mol. The van der Waals surface area contributed by atoms with E-state index in [2.05, 4.69) is 24.1 Å². The molecule has 2 aliphatic rings. The van der Waals surface area contributed by atoms with Crippen LogP contribution in [-0.4, -0.2) is 60.5 Å². The first kappa shape index (κ1) is 12.8. The summed E-state index contributed by atoms with van der Waals surface area (Å²) in [5, 5.41) is 3.33. The number of likely N-dealkylation sites (N-methyl/N-ethyl adjacent to an activating group) is 1. The van der Waals surface area contributed by atoms with Crippen molar-refractivity contribution in [3.05, 3.63) is 0 Å². The summed E-state index contributed by atoms with van der Waals surface area (Å²) < 4.78 is 0. The van der Waals surface area contributed by atoms with Gasteiger partial charge in [0.25, 0.3) is 0 Å². The van der Waals surface area contributed by atoms with Gasteiger partial charge in [-0.05, 0) is 33.1 Å². The van der Waals surface area contributed by atoms with Gasteiger partial charge in [0.05, 0.1) is 5.54 Å². The molecule has 0 radical (unpaired) electrons. The van der Waals surface area contributed by atoms with Gasteiger partial charge in [-0.2, -0.15) is 0 Å². The van der Waals surface area contributed by atoms with Crippen LogP contribution < -0.4 is 5.32 Å². The fourth-order valence-corrected chi connectivity index (χ4v) is 2.73. The van der Waals surface area contributed by atoms with Gasteiger partial charge in [-0.25, -0.2) is 0 Å². The Bertz CT molecular complexity index is 280. The maximum absolute atomic E-state index is 12.6. The summed E-state index contributed by atoms with van der Waals surface area (Å²) in [5.74, 6) is 0.282. The number of piperazine rings is 1. The molecule has 1 saturated heterocycles. The lowest BCUT2D eigenvalue weighted by atomic mass is 9.89. The zero-order chi connectivity index (χ0) is 12.5. The molecule has 0 spiro atoms. The molecule has 4 nitrogen and oxygen atoms in total. The van der Waals surface area contributed by atoms with Crippen LogP contribution in [0.2, 0.25) is 0 Å². The summed E-state index contributed by atoms with van der Waals surface area (Å²) in [6.45, 7) is 8.05. The standard InChI is InChI=1S/C13H25N3O/c1-13(2,16-9-7-14-8-10-16)12(17)15(3)11-5-4-6-11/h11,14H,4-10H2,1-3H3. The minimum Gasteiger partial charge on any atom is -0.341 e. The molecular formula is C13H25N3O. The van der Waals surface area contributed by atoms with Crippen LogP contribution >= 0.6 is 0 Å². The average Bonchev–Trinajstić information content (AvgIpc) is 2.26. The minimum atomic E-state index is -0.355. The number of nitrogens with zero attached hydrogens (tertiary/aromatic N) is 2. The van der Waals surface area contributed by atoms with Crippen LogP contribution in [0.25, 0.3) is 0 Å². The first-order valence-electron chi connectivity index (χ1n) is 6.76. The second-order valence-corrected chi connectivity index (χ2v) is 5.80. The fraction of sp³-hybridized carbons (Fsp3) is 0.923. The number of carbonyl (C=O) groups excluding carboxylic acids is 1. The van der Waals surface area contributed by atoms with Gasteiger partial charge >= 0.3 is 0 Å². The van der Waals surface area contributed by atoms with Gasteiger partial charge in [0.15, 0.2) is 0 Å². The molecule has 98 valence electrons. The SMILES string of the molecule is CN(C(=O)C(C)(C)N1CCNCC1)C1CCC1. The molecular weight excluding hydrogens is 214 g/mol. The van der Waals surface area contributed by atoms with Crippen LogP contribution in [0.4, 0.5) is 0 Å². The third kappa shape index (κ3) is 2.47. The first-order chi connectivity index (χ1) is 8.03. The van der Waals surface area contributed by atoms with E-state index in [0.717, 1.165) is 26.2 Å². The van der Waals surface area contributed by atoms with Crippen molar-refractivity contribution in [3.8, 4) is 0 Å². The molecule has 1 aliphatic carbocycles.